The zero-order chi connectivity index (χ0) is 20.5. The molecule has 1 saturated heterocycles. The lowest BCUT2D eigenvalue weighted by molar-refractivity contribution is -0.605. The summed E-state index contributed by atoms with van der Waals surface area (Å²) < 4.78 is 6.37. The summed E-state index contributed by atoms with van der Waals surface area (Å²) in [6, 6.07) is 11.2. The van der Waals surface area contributed by atoms with E-state index in [-0.39, 0.29) is 5.56 Å². The van der Waals surface area contributed by atoms with Crippen LogP contribution in [0.1, 0.15) is 22.3 Å². The van der Waals surface area contributed by atoms with Gasteiger partial charge in [-0.15, -0.1) is 0 Å². The van der Waals surface area contributed by atoms with Gasteiger partial charge in [0.1, 0.15) is 11.3 Å². The van der Waals surface area contributed by atoms with E-state index in [2.05, 4.69) is 34.5 Å². The SMILES string of the molecule is CN1CCN(Cc2cccc(OCCCONC(=O)c3ccc[n+]([O-])c3)c2)CC1. The van der Waals surface area contributed by atoms with Crippen LogP contribution in [-0.2, 0) is 11.4 Å². The Morgan fingerprint density at radius 1 is 1.17 bits per heavy atom. The van der Waals surface area contributed by atoms with Crippen LogP contribution < -0.4 is 14.9 Å². The van der Waals surface area contributed by atoms with Gasteiger partial charge in [0.15, 0.2) is 12.4 Å². The first-order valence-corrected chi connectivity index (χ1v) is 9.84. The van der Waals surface area contributed by atoms with Crippen LogP contribution in [0, 0.1) is 5.21 Å². The molecule has 2 aromatic rings. The number of hydrogen-bond donors (Lipinski definition) is 1. The highest BCUT2D eigenvalue weighted by molar-refractivity contribution is 5.92. The third-order valence-electron chi connectivity index (χ3n) is 4.76. The molecule has 1 fully saturated rings. The van der Waals surface area contributed by atoms with E-state index < -0.39 is 5.91 Å². The molecule has 0 unspecified atom stereocenters. The van der Waals surface area contributed by atoms with Crippen molar-refractivity contribution in [2.75, 3.05) is 46.4 Å². The number of carbonyl (C=O) groups excluding carboxylic acids is 1. The number of amides is 1. The Balaban J connectivity index is 1.33. The van der Waals surface area contributed by atoms with E-state index >= 15 is 0 Å². The molecule has 0 aliphatic carbocycles. The van der Waals surface area contributed by atoms with Gasteiger partial charge >= 0.3 is 0 Å². The van der Waals surface area contributed by atoms with Crippen molar-refractivity contribution in [1.29, 1.82) is 0 Å². The standard InChI is InChI=1S/C21H28N4O4/c1-23-9-11-24(12-10-23)16-18-5-2-7-20(15-18)28-13-4-14-29-22-21(26)19-6-3-8-25(27)17-19/h2-3,5-8,15,17H,4,9-14,16H2,1H3,(H,22,26). The van der Waals surface area contributed by atoms with E-state index in [1.807, 2.05) is 12.1 Å². The van der Waals surface area contributed by atoms with Crippen LogP contribution in [0.25, 0.3) is 0 Å². The zero-order valence-electron chi connectivity index (χ0n) is 16.8. The first kappa shape index (κ1) is 21.0. The summed E-state index contributed by atoms with van der Waals surface area (Å²) in [5, 5.41) is 11.2. The van der Waals surface area contributed by atoms with Crippen molar-refractivity contribution in [1.82, 2.24) is 15.3 Å². The largest absolute Gasteiger partial charge is 0.619 e. The molecule has 0 radical (unpaired) electrons. The molecule has 1 aliphatic rings. The Labute approximate surface area is 171 Å². The summed E-state index contributed by atoms with van der Waals surface area (Å²) in [5.41, 5.74) is 3.82. The fraction of sp³-hybridized carbons (Fsp3) is 0.429. The second-order valence-corrected chi connectivity index (χ2v) is 7.16. The normalized spacial score (nSPS) is 15.2. The van der Waals surface area contributed by atoms with Crippen molar-refractivity contribution < 1.29 is 19.1 Å². The molecule has 1 N–H and O–H groups in total. The van der Waals surface area contributed by atoms with Gasteiger partial charge in [0.2, 0.25) is 0 Å². The maximum atomic E-state index is 11.8. The van der Waals surface area contributed by atoms with Crippen LogP contribution >= 0.6 is 0 Å². The van der Waals surface area contributed by atoms with Gasteiger partial charge in [-0.3, -0.25) is 14.5 Å². The van der Waals surface area contributed by atoms with Crippen LogP contribution in [0.4, 0.5) is 0 Å². The molecular weight excluding hydrogens is 372 g/mol. The smallest absolute Gasteiger partial charge is 0.280 e. The van der Waals surface area contributed by atoms with Crippen LogP contribution in [0.15, 0.2) is 48.8 Å². The Morgan fingerprint density at radius 3 is 2.79 bits per heavy atom. The van der Waals surface area contributed by atoms with Crippen LogP contribution in [0.2, 0.25) is 0 Å². The second-order valence-electron chi connectivity index (χ2n) is 7.16. The molecule has 29 heavy (non-hydrogen) atoms. The van der Waals surface area contributed by atoms with E-state index in [1.165, 1.54) is 24.0 Å². The van der Waals surface area contributed by atoms with Crippen molar-refractivity contribution in [3.05, 3.63) is 65.1 Å². The maximum Gasteiger partial charge on any atom is 0.280 e. The summed E-state index contributed by atoms with van der Waals surface area (Å²) in [6.45, 7) is 6.12. The lowest BCUT2D eigenvalue weighted by Crippen LogP contribution is -2.43. The number of nitrogens with zero attached hydrogens (tertiary/aromatic N) is 3. The van der Waals surface area contributed by atoms with E-state index in [4.69, 9.17) is 9.57 Å². The molecule has 0 spiro atoms. The number of ether oxygens (including phenoxy) is 1. The van der Waals surface area contributed by atoms with Gasteiger partial charge in [-0.2, -0.15) is 4.73 Å². The van der Waals surface area contributed by atoms with Crippen LogP contribution in [-0.4, -0.2) is 62.1 Å². The molecule has 1 aromatic carbocycles. The first-order chi connectivity index (χ1) is 14.1. The highest BCUT2D eigenvalue weighted by atomic mass is 16.7. The Bertz CT molecular complexity index is 794. The Hall–Kier alpha value is -2.68. The number of likely N-dealkylation sites (N-methyl/N-ethyl adjacent to an activating group) is 1. The molecule has 3 rings (SSSR count). The molecule has 1 amide bonds. The van der Waals surface area contributed by atoms with E-state index in [9.17, 15) is 10.0 Å². The third-order valence-corrected chi connectivity index (χ3v) is 4.76. The van der Waals surface area contributed by atoms with Crippen molar-refractivity contribution in [3.63, 3.8) is 0 Å². The van der Waals surface area contributed by atoms with Gasteiger partial charge in [0.25, 0.3) is 5.91 Å². The van der Waals surface area contributed by atoms with E-state index in [0.717, 1.165) is 38.5 Å². The number of pyridine rings is 1. The first-order valence-electron chi connectivity index (χ1n) is 9.84. The maximum absolute atomic E-state index is 11.8. The minimum atomic E-state index is -0.451. The number of benzene rings is 1. The Morgan fingerprint density at radius 2 is 2.00 bits per heavy atom. The molecule has 8 nitrogen and oxygen atoms in total. The molecule has 156 valence electrons. The van der Waals surface area contributed by atoms with E-state index in [1.54, 1.807) is 6.07 Å². The van der Waals surface area contributed by atoms with Crippen molar-refractivity contribution in [3.8, 4) is 5.75 Å². The predicted molar refractivity (Wildman–Crippen MR) is 108 cm³/mol. The summed E-state index contributed by atoms with van der Waals surface area (Å²) in [4.78, 5) is 21.8. The zero-order valence-corrected chi connectivity index (χ0v) is 16.8. The molecular formula is C21H28N4O4. The minimum absolute atomic E-state index is 0.246. The number of rotatable bonds is 9. The van der Waals surface area contributed by atoms with Gasteiger partial charge < -0.3 is 14.8 Å². The molecule has 1 aliphatic heterocycles. The highest BCUT2D eigenvalue weighted by Crippen LogP contribution is 2.16. The lowest BCUT2D eigenvalue weighted by atomic mass is 10.2. The van der Waals surface area contributed by atoms with Crippen molar-refractivity contribution in [2.45, 2.75) is 13.0 Å². The average Bonchev–Trinajstić information content (AvgIpc) is 2.72. The summed E-state index contributed by atoms with van der Waals surface area (Å²) in [5.74, 6) is 0.387. The number of aromatic nitrogens is 1. The molecule has 0 saturated carbocycles. The van der Waals surface area contributed by atoms with E-state index in [0.29, 0.717) is 24.4 Å². The summed E-state index contributed by atoms with van der Waals surface area (Å²) in [6.07, 6.45) is 3.13. The molecule has 0 bridgehead atoms. The fourth-order valence-corrected chi connectivity index (χ4v) is 3.08. The monoisotopic (exact) mass is 400 g/mol. The molecule has 8 heteroatoms. The van der Waals surface area contributed by atoms with Crippen molar-refractivity contribution >= 4 is 5.91 Å². The summed E-state index contributed by atoms with van der Waals surface area (Å²) in [7, 11) is 2.16. The van der Waals surface area contributed by atoms with Gasteiger partial charge in [0.05, 0.1) is 13.2 Å². The third kappa shape index (κ3) is 7.01. The van der Waals surface area contributed by atoms with Crippen molar-refractivity contribution in [2.24, 2.45) is 0 Å². The number of hydroxylamine groups is 1. The van der Waals surface area contributed by atoms with Crippen LogP contribution in [0.3, 0.4) is 0 Å². The summed E-state index contributed by atoms with van der Waals surface area (Å²) >= 11 is 0. The number of piperazine rings is 1. The number of nitrogens with one attached hydrogen (secondary N) is 1. The van der Waals surface area contributed by atoms with Gasteiger partial charge in [0, 0.05) is 45.2 Å². The predicted octanol–water partition coefficient (Wildman–Crippen LogP) is 1.20. The molecule has 1 aromatic heterocycles. The highest BCUT2D eigenvalue weighted by Gasteiger charge is 2.14. The quantitative estimate of drug-likeness (QED) is 0.295. The Kier molecular flexibility index (Phi) is 7.80. The second kappa shape index (κ2) is 10.8. The number of hydrogen-bond acceptors (Lipinski definition) is 6. The molecule has 0 atom stereocenters. The van der Waals surface area contributed by atoms with Gasteiger partial charge in [-0.25, -0.2) is 5.48 Å². The molecule has 2 heterocycles. The number of carbonyl (C=O) groups is 1. The van der Waals surface area contributed by atoms with Gasteiger partial charge in [-0.05, 0) is 30.8 Å². The lowest BCUT2D eigenvalue weighted by Gasteiger charge is -2.32. The fourth-order valence-electron chi connectivity index (χ4n) is 3.08. The topological polar surface area (TPSA) is 81.0 Å². The van der Waals surface area contributed by atoms with Crippen LogP contribution in [0.5, 0.6) is 5.75 Å². The van der Waals surface area contributed by atoms with Gasteiger partial charge in [-0.1, -0.05) is 12.1 Å². The minimum Gasteiger partial charge on any atom is -0.619 e. The average molecular weight is 400 g/mol.